The third kappa shape index (κ3) is 3.04. The van der Waals surface area contributed by atoms with Gasteiger partial charge >= 0.3 is 0 Å². The summed E-state index contributed by atoms with van der Waals surface area (Å²) in [6.07, 6.45) is 2.98. The van der Waals surface area contributed by atoms with E-state index in [1.165, 1.54) is 0 Å². The summed E-state index contributed by atoms with van der Waals surface area (Å²) in [5, 5.41) is 9.12. The zero-order valence-electron chi connectivity index (χ0n) is 19.3. The van der Waals surface area contributed by atoms with Gasteiger partial charge in [0, 0.05) is 36.5 Å². The molecule has 0 radical (unpaired) electrons. The molecule has 2 aliphatic heterocycles. The second-order valence-electron chi connectivity index (χ2n) is 9.52. The summed E-state index contributed by atoms with van der Waals surface area (Å²) < 4.78 is 44.9. The Kier molecular flexibility index (Phi) is 4.74. The highest BCUT2D eigenvalue weighted by atomic mass is 19.2. The van der Waals surface area contributed by atoms with E-state index in [9.17, 15) is 18.0 Å². The number of halogens is 3. The van der Waals surface area contributed by atoms with E-state index in [1.807, 2.05) is 25.8 Å². The molecule has 2 atom stereocenters. The first kappa shape index (κ1) is 21.7. The third-order valence-electron chi connectivity index (χ3n) is 7.33. The molecule has 0 saturated carbocycles. The molecule has 1 amide bonds. The van der Waals surface area contributed by atoms with Crippen molar-refractivity contribution in [1.29, 1.82) is 0 Å². The number of hydrogen-bond acceptors (Lipinski definition) is 3. The predicted molar refractivity (Wildman–Crippen MR) is 116 cm³/mol. The summed E-state index contributed by atoms with van der Waals surface area (Å²) in [5.41, 5.74) is 4.01. The summed E-state index contributed by atoms with van der Waals surface area (Å²) in [6.45, 7) is 5.78. The molecular formula is C24H26F3N5O. The van der Waals surface area contributed by atoms with Crippen molar-refractivity contribution < 1.29 is 18.0 Å². The standard InChI is InChI=1S/C24H26F3N5O/c1-12-19(13(2)30(4)28-12)23(33)32-18-7-6-8-24(32,3)11-15-21(18)29-31(5)22(15)14-9-16(25)20(27)17(26)10-14/h9-10,18H,6-8,11H2,1-5H3/t18-,24+/m1/s1. The van der Waals surface area contributed by atoms with E-state index < -0.39 is 23.0 Å². The van der Waals surface area contributed by atoms with Crippen LogP contribution in [-0.2, 0) is 20.5 Å². The molecule has 1 saturated heterocycles. The molecule has 6 nitrogen and oxygen atoms in total. The highest BCUT2D eigenvalue weighted by Crippen LogP contribution is 2.50. The lowest BCUT2D eigenvalue weighted by atomic mass is 9.73. The van der Waals surface area contributed by atoms with Gasteiger partial charge in [-0.25, -0.2) is 13.2 Å². The number of carbonyl (C=O) groups excluding carboxylic acids is 1. The van der Waals surface area contributed by atoms with Gasteiger partial charge in [0.2, 0.25) is 0 Å². The van der Waals surface area contributed by atoms with Gasteiger partial charge in [-0.15, -0.1) is 0 Å². The summed E-state index contributed by atoms with van der Waals surface area (Å²) in [4.78, 5) is 15.8. The van der Waals surface area contributed by atoms with E-state index in [0.29, 0.717) is 23.4 Å². The normalized spacial score (nSPS) is 21.9. The van der Waals surface area contributed by atoms with Crippen molar-refractivity contribution in [3.8, 4) is 11.3 Å². The molecule has 0 aliphatic carbocycles. The molecule has 0 spiro atoms. The van der Waals surface area contributed by atoms with Crippen molar-refractivity contribution in [3.63, 3.8) is 0 Å². The average Bonchev–Trinajstić information content (AvgIpc) is 3.18. The lowest BCUT2D eigenvalue weighted by molar-refractivity contribution is 0.00328. The van der Waals surface area contributed by atoms with Crippen LogP contribution in [0.4, 0.5) is 13.2 Å². The van der Waals surface area contributed by atoms with Crippen molar-refractivity contribution in [1.82, 2.24) is 24.5 Å². The number of hydrogen-bond donors (Lipinski definition) is 0. The van der Waals surface area contributed by atoms with Crippen LogP contribution in [0.25, 0.3) is 11.3 Å². The Morgan fingerprint density at radius 2 is 1.76 bits per heavy atom. The Hall–Kier alpha value is -3.10. The molecule has 2 bridgehead atoms. The summed E-state index contributed by atoms with van der Waals surface area (Å²) >= 11 is 0. The number of nitrogens with zero attached hydrogens (tertiary/aromatic N) is 5. The summed E-state index contributed by atoms with van der Waals surface area (Å²) in [6, 6.07) is 1.76. The first-order valence-electron chi connectivity index (χ1n) is 11.1. The van der Waals surface area contributed by atoms with Crippen molar-refractivity contribution >= 4 is 5.91 Å². The van der Waals surface area contributed by atoms with Gasteiger partial charge in [0.1, 0.15) is 0 Å². The topological polar surface area (TPSA) is 56.0 Å². The molecule has 9 heteroatoms. The molecule has 1 fully saturated rings. The van der Waals surface area contributed by atoms with Gasteiger partial charge in [0.05, 0.1) is 28.7 Å². The number of rotatable bonds is 2. The van der Waals surface area contributed by atoms with Gasteiger partial charge in [0.15, 0.2) is 17.5 Å². The first-order chi connectivity index (χ1) is 15.5. The van der Waals surface area contributed by atoms with E-state index in [-0.39, 0.29) is 17.5 Å². The number of fused-ring (bicyclic) bond motifs is 4. The number of amides is 1. The number of aryl methyl sites for hydroxylation is 3. The zero-order valence-corrected chi connectivity index (χ0v) is 19.3. The van der Waals surface area contributed by atoms with Crippen LogP contribution in [0.15, 0.2) is 12.1 Å². The Balaban J connectivity index is 1.66. The van der Waals surface area contributed by atoms with E-state index >= 15 is 0 Å². The van der Waals surface area contributed by atoms with Crippen molar-refractivity contribution in [2.24, 2.45) is 14.1 Å². The van der Waals surface area contributed by atoms with Crippen LogP contribution in [0.1, 0.15) is 65.2 Å². The second kappa shape index (κ2) is 7.20. The molecule has 33 heavy (non-hydrogen) atoms. The van der Waals surface area contributed by atoms with Gasteiger partial charge in [-0.05, 0) is 58.6 Å². The van der Waals surface area contributed by atoms with Gasteiger partial charge in [-0.3, -0.25) is 14.2 Å². The van der Waals surface area contributed by atoms with Crippen LogP contribution in [0.2, 0.25) is 0 Å². The Bertz CT molecular complexity index is 1290. The molecular weight excluding hydrogens is 431 g/mol. The highest BCUT2D eigenvalue weighted by molar-refractivity contribution is 5.97. The molecule has 3 aromatic rings. The SMILES string of the molecule is Cc1nn(C)c(C)c1C(=O)N1[C@@H]2CCC[C@@]1(C)Cc1c2nn(C)c1-c1cc(F)c(F)c(F)c1. The molecule has 1 aromatic carbocycles. The van der Waals surface area contributed by atoms with Crippen molar-refractivity contribution in [2.75, 3.05) is 0 Å². The van der Waals surface area contributed by atoms with E-state index in [2.05, 4.69) is 12.0 Å². The number of piperidine rings is 1. The molecule has 0 unspecified atom stereocenters. The van der Waals surface area contributed by atoms with Crippen LogP contribution < -0.4 is 0 Å². The number of aromatic nitrogens is 4. The lowest BCUT2D eigenvalue weighted by Crippen LogP contribution is -2.58. The largest absolute Gasteiger partial charge is 0.324 e. The monoisotopic (exact) mass is 457 g/mol. The van der Waals surface area contributed by atoms with Gasteiger partial charge in [-0.2, -0.15) is 10.2 Å². The predicted octanol–water partition coefficient (Wildman–Crippen LogP) is 4.54. The molecule has 5 rings (SSSR count). The fourth-order valence-corrected chi connectivity index (χ4v) is 5.79. The average molecular weight is 458 g/mol. The Morgan fingerprint density at radius 1 is 1.09 bits per heavy atom. The maximum absolute atomic E-state index is 14.0. The number of carbonyl (C=O) groups is 1. The smallest absolute Gasteiger partial charge is 0.258 e. The summed E-state index contributed by atoms with van der Waals surface area (Å²) in [5.74, 6) is -4.03. The maximum Gasteiger partial charge on any atom is 0.258 e. The molecule has 2 aromatic heterocycles. The van der Waals surface area contributed by atoms with Crippen molar-refractivity contribution in [2.45, 2.75) is 58.0 Å². The van der Waals surface area contributed by atoms with Gasteiger partial charge < -0.3 is 4.90 Å². The van der Waals surface area contributed by atoms with Crippen LogP contribution in [0, 0.1) is 31.3 Å². The van der Waals surface area contributed by atoms with Gasteiger partial charge in [-0.1, -0.05) is 0 Å². The molecule has 2 aliphatic rings. The maximum atomic E-state index is 14.0. The zero-order chi connectivity index (χ0) is 23.8. The Morgan fingerprint density at radius 3 is 2.36 bits per heavy atom. The van der Waals surface area contributed by atoms with Crippen LogP contribution in [0.5, 0.6) is 0 Å². The van der Waals surface area contributed by atoms with Crippen molar-refractivity contribution in [3.05, 3.63) is 57.8 Å². The highest BCUT2D eigenvalue weighted by Gasteiger charge is 2.50. The number of benzene rings is 1. The molecule has 4 heterocycles. The van der Waals surface area contributed by atoms with E-state index in [4.69, 9.17) is 5.10 Å². The minimum absolute atomic E-state index is 0.0676. The lowest BCUT2D eigenvalue weighted by Gasteiger charge is -2.52. The minimum Gasteiger partial charge on any atom is -0.324 e. The van der Waals surface area contributed by atoms with Crippen LogP contribution in [-0.4, -0.2) is 35.9 Å². The quantitative estimate of drug-likeness (QED) is 0.531. The third-order valence-corrected chi connectivity index (χ3v) is 7.33. The molecule has 0 N–H and O–H groups in total. The fourth-order valence-electron chi connectivity index (χ4n) is 5.79. The first-order valence-corrected chi connectivity index (χ1v) is 11.1. The second-order valence-corrected chi connectivity index (χ2v) is 9.52. The van der Waals surface area contributed by atoms with E-state index in [0.717, 1.165) is 48.3 Å². The summed E-state index contributed by atoms with van der Waals surface area (Å²) in [7, 11) is 3.53. The van der Waals surface area contributed by atoms with Gasteiger partial charge in [0.25, 0.3) is 5.91 Å². The Labute approximate surface area is 190 Å². The van der Waals surface area contributed by atoms with E-state index in [1.54, 1.807) is 16.4 Å². The minimum atomic E-state index is -1.49. The fraction of sp³-hybridized carbons (Fsp3) is 0.458. The molecule has 174 valence electrons. The van der Waals surface area contributed by atoms with Crippen LogP contribution >= 0.6 is 0 Å². The van der Waals surface area contributed by atoms with Crippen LogP contribution in [0.3, 0.4) is 0 Å².